The molecular formula is C12H23NO4S. The average molecular weight is 277 g/mol. The summed E-state index contributed by atoms with van der Waals surface area (Å²) in [6.45, 7) is 7.26. The Hall–Kier alpha value is -0.910. The molecule has 6 heteroatoms. The van der Waals surface area contributed by atoms with Crippen LogP contribution in [0, 0.1) is 0 Å². The van der Waals surface area contributed by atoms with Crippen LogP contribution in [0.1, 0.15) is 40.5 Å². The molecule has 0 saturated heterocycles. The lowest BCUT2D eigenvalue weighted by atomic mass is 10.2. The average Bonchev–Trinajstić information content (AvgIpc) is 2.19. The van der Waals surface area contributed by atoms with E-state index in [9.17, 15) is 9.59 Å². The molecule has 0 radical (unpaired) electrons. The minimum absolute atomic E-state index is 0.418. The molecule has 0 aliphatic heterocycles. The van der Waals surface area contributed by atoms with Gasteiger partial charge in [-0.1, -0.05) is 6.92 Å². The first-order chi connectivity index (χ1) is 8.26. The normalized spacial score (nSPS) is 12.9. The number of carboxylic acids is 1. The molecule has 0 aliphatic carbocycles. The van der Waals surface area contributed by atoms with Crippen LogP contribution in [0.4, 0.5) is 4.79 Å². The summed E-state index contributed by atoms with van der Waals surface area (Å²) < 4.78 is 5.03. The van der Waals surface area contributed by atoms with Gasteiger partial charge < -0.3 is 15.2 Å². The molecule has 0 aromatic heterocycles. The van der Waals surface area contributed by atoms with Crippen molar-refractivity contribution in [3.63, 3.8) is 0 Å². The van der Waals surface area contributed by atoms with Crippen LogP contribution in [-0.2, 0) is 9.53 Å². The second kappa shape index (κ2) is 8.24. The first-order valence-corrected chi connectivity index (χ1v) is 7.21. The minimum atomic E-state index is -1.03. The highest BCUT2D eigenvalue weighted by atomic mass is 32.2. The van der Waals surface area contributed by atoms with E-state index in [4.69, 9.17) is 9.84 Å². The number of hydrogen-bond donors (Lipinski definition) is 2. The first-order valence-electron chi connectivity index (χ1n) is 6.06. The molecule has 0 saturated carbocycles. The molecule has 0 aromatic carbocycles. The van der Waals surface area contributed by atoms with Gasteiger partial charge in [0.25, 0.3) is 0 Å². The summed E-state index contributed by atoms with van der Waals surface area (Å²) in [5.41, 5.74) is -0.620. The molecule has 1 unspecified atom stereocenters. The van der Waals surface area contributed by atoms with E-state index >= 15 is 0 Å². The molecule has 5 nitrogen and oxygen atoms in total. The largest absolute Gasteiger partial charge is 0.480 e. The van der Waals surface area contributed by atoms with Gasteiger partial charge in [0.05, 0.1) is 0 Å². The summed E-state index contributed by atoms with van der Waals surface area (Å²) in [6, 6.07) is -0.877. The fourth-order valence-electron chi connectivity index (χ4n) is 1.24. The molecule has 0 rings (SSSR count). The maximum Gasteiger partial charge on any atom is 0.408 e. The van der Waals surface area contributed by atoms with Crippen LogP contribution in [0.3, 0.4) is 0 Å². The van der Waals surface area contributed by atoms with E-state index < -0.39 is 23.7 Å². The molecule has 0 fully saturated rings. The molecule has 0 spiro atoms. The Morgan fingerprint density at radius 1 is 1.39 bits per heavy atom. The van der Waals surface area contributed by atoms with Gasteiger partial charge in [0.1, 0.15) is 11.6 Å². The number of amides is 1. The highest BCUT2D eigenvalue weighted by Gasteiger charge is 2.23. The number of alkyl carbamates (subject to hydrolysis) is 1. The molecule has 0 heterocycles. The van der Waals surface area contributed by atoms with E-state index in [-0.39, 0.29) is 0 Å². The lowest BCUT2D eigenvalue weighted by molar-refractivity contribution is -0.139. The number of nitrogens with one attached hydrogen (secondary N) is 1. The smallest absolute Gasteiger partial charge is 0.408 e. The summed E-state index contributed by atoms with van der Waals surface area (Å²) in [6.07, 6.45) is 0.491. The van der Waals surface area contributed by atoms with Crippen molar-refractivity contribution in [1.29, 1.82) is 0 Å². The topological polar surface area (TPSA) is 75.6 Å². The van der Waals surface area contributed by atoms with Crippen molar-refractivity contribution in [3.8, 4) is 0 Å². The van der Waals surface area contributed by atoms with Gasteiger partial charge >= 0.3 is 12.1 Å². The fourth-order valence-corrected chi connectivity index (χ4v) is 1.90. The van der Waals surface area contributed by atoms with Crippen LogP contribution in [-0.4, -0.2) is 40.3 Å². The summed E-state index contributed by atoms with van der Waals surface area (Å²) in [5.74, 6) is 0.885. The molecule has 2 N–H and O–H groups in total. The van der Waals surface area contributed by atoms with Gasteiger partial charge in [-0.3, -0.25) is 0 Å². The Kier molecular flexibility index (Phi) is 7.82. The van der Waals surface area contributed by atoms with E-state index in [1.807, 2.05) is 0 Å². The molecule has 0 bridgehead atoms. The standard InChI is InChI=1S/C12H23NO4S/c1-5-18-8-6-7-9(10(14)15)13-11(16)17-12(2,3)4/h9H,5-8H2,1-4H3,(H,13,16)(H,14,15). The molecule has 1 amide bonds. The Balaban J connectivity index is 4.11. The SMILES string of the molecule is CCSCCCC(NC(=O)OC(C)(C)C)C(=O)O. The fraction of sp³-hybridized carbons (Fsp3) is 0.833. The quantitative estimate of drug-likeness (QED) is 0.699. The zero-order valence-corrected chi connectivity index (χ0v) is 12.3. The number of rotatable bonds is 7. The van der Waals surface area contributed by atoms with Crippen LogP contribution in [0.15, 0.2) is 0 Å². The number of carboxylic acid groups (broad SMARTS) is 1. The van der Waals surface area contributed by atoms with Crippen molar-refractivity contribution >= 4 is 23.8 Å². The number of aliphatic carboxylic acids is 1. The van der Waals surface area contributed by atoms with Gasteiger partial charge in [0.2, 0.25) is 0 Å². The minimum Gasteiger partial charge on any atom is -0.480 e. The van der Waals surface area contributed by atoms with E-state index in [2.05, 4.69) is 12.2 Å². The van der Waals surface area contributed by atoms with Crippen molar-refractivity contribution in [2.75, 3.05) is 11.5 Å². The van der Waals surface area contributed by atoms with E-state index in [1.54, 1.807) is 32.5 Å². The molecule has 0 aliphatic rings. The van der Waals surface area contributed by atoms with Crippen molar-refractivity contribution in [2.45, 2.75) is 52.2 Å². The van der Waals surface area contributed by atoms with Gasteiger partial charge in [-0.2, -0.15) is 11.8 Å². The van der Waals surface area contributed by atoms with Crippen molar-refractivity contribution in [2.24, 2.45) is 0 Å². The Bertz CT molecular complexity index is 276. The Morgan fingerprint density at radius 2 is 2.00 bits per heavy atom. The lowest BCUT2D eigenvalue weighted by Crippen LogP contribution is -2.43. The molecule has 18 heavy (non-hydrogen) atoms. The van der Waals surface area contributed by atoms with Gasteiger partial charge in [-0.15, -0.1) is 0 Å². The monoisotopic (exact) mass is 277 g/mol. The van der Waals surface area contributed by atoms with Crippen molar-refractivity contribution in [1.82, 2.24) is 5.32 Å². The summed E-state index contributed by atoms with van der Waals surface area (Å²) in [5, 5.41) is 11.4. The maximum absolute atomic E-state index is 11.5. The van der Waals surface area contributed by atoms with Crippen LogP contribution >= 0.6 is 11.8 Å². The zero-order valence-electron chi connectivity index (χ0n) is 11.5. The van der Waals surface area contributed by atoms with E-state index in [0.29, 0.717) is 6.42 Å². The van der Waals surface area contributed by atoms with Gasteiger partial charge in [-0.25, -0.2) is 9.59 Å². The lowest BCUT2D eigenvalue weighted by Gasteiger charge is -2.21. The number of ether oxygens (including phenoxy) is 1. The van der Waals surface area contributed by atoms with Crippen LogP contribution in [0.5, 0.6) is 0 Å². The van der Waals surface area contributed by atoms with Crippen LogP contribution < -0.4 is 5.32 Å². The van der Waals surface area contributed by atoms with Crippen molar-refractivity contribution < 1.29 is 19.4 Å². The predicted molar refractivity (Wildman–Crippen MR) is 73.0 cm³/mol. The van der Waals surface area contributed by atoms with E-state index in [0.717, 1.165) is 17.9 Å². The van der Waals surface area contributed by atoms with Gasteiger partial charge in [0.15, 0.2) is 0 Å². The Morgan fingerprint density at radius 3 is 2.44 bits per heavy atom. The first kappa shape index (κ1) is 17.1. The van der Waals surface area contributed by atoms with Crippen LogP contribution in [0.2, 0.25) is 0 Å². The summed E-state index contributed by atoms with van der Waals surface area (Å²) >= 11 is 1.75. The predicted octanol–water partition coefficient (Wildman–Crippen LogP) is 2.50. The number of thioether (sulfide) groups is 1. The highest BCUT2D eigenvalue weighted by Crippen LogP contribution is 2.09. The van der Waals surface area contributed by atoms with Gasteiger partial charge in [-0.05, 0) is 45.1 Å². The summed E-state index contributed by atoms with van der Waals surface area (Å²) in [4.78, 5) is 22.4. The van der Waals surface area contributed by atoms with E-state index in [1.165, 1.54) is 0 Å². The van der Waals surface area contributed by atoms with Crippen molar-refractivity contribution in [3.05, 3.63) is 0 Å². The number of carbonyl (C=O) groups is 2. The zero-order chi connectivity index (χ0) is 14.2. The summed E-state index contributed by atoms with van der Waals surface area (Å²) in [7, 11) is 0. The highest BCUT2D eigenvalue weighted by molar-refractivity contribution is 7.99. The second-order valence-corrected chi connectivity index (χ2v) is 6.27. The van der Waals surface area contributed by atoms with Gasteiger partial charge in [0, 0.05) is 0 Å². The van der Waals surface area contributed by atoms with Crippen LogP contribution in [0.25, 0.3) is 0 Å². The maximum atomic E-state index is 11.5. The number of carbonyl (C=O) groups excluding carboxylic acids is 1. The Labute approximate surface area is 113 Å². The molecule has 0 aromatic rings. The number of hydrogen-bond acceptors (Lipinski definition) is 4. The molecule has 106 valence electrons. The molecule has 1 atom stereocenters. The third-order valence-electron chi connectivity index (χ3n) is 1.97. The third-order valence-corrected chi connectivity index (χ3v) is 2.96. The molecular weight excluding hydrogens is 254 g/mol. The second-order valence-electron chi connectivity index (χ2n) is 4.88. The third kappa shape index (κ3) is 9.15.